The van der Waals surface area contributed by atoms with E-state index in [0.717, 1.165) is 12.0 Å². The topological polar surface area (TPSA) is 48.1 Å². The fourth-order valence-corrected chi connectivity index (χ4v) is 4.11. The standard InChI is InChI=1S/C24H19ClFN3O/c25-20-11-19-22(12-21(20)26)27-13-23(19)28-24(30)29-9-8-17-10-16(6-7-18(17)14-29)15-4-2-1-3-5-15/h1-7,10-13,27H,8-9,14H2,(H,28,30). The van der Waals surface area contributed by atoms with Crippen LogP contribution in [-0.2, 0) is 13.0 Å². The highest BCUT2D eigenvalue weighted by Crippen LogP contribution is 2.30. The number of carbonyl (C=O) groups excluding carboxylic acids is 1. The van der Waals surface area contributed by atoms with Crippen LogP contribution in [0.15, 0.2) is 66.9 Å². The number of urea groups is 1. The molecule has 1 aromatic heterocycles. The Morgan fingerprint density at radius 1 is 1.03 bits per heavy atom. The second kappa shape index (κ2) is 7.50. The minimum atomic E-state index is -0.494. The number of fused-ring (bicyclic) bond motifs is 2. The van der Waals surface area contributed by atoms with Gasteiger partial charge in [-0.05, 0) is 40.8 Å². The molecule has 3 aromatic carbocycles. The SMILES string of the molecule is O=C(Nc1c[nH]c2cc(F)c(Cl)cc12)N1CCc2cc(-c3ccccc3)ccc2C1. The highest BCUT2D eigenvalue weighted by molar-refractivity contribution is 6.31. The van der Waals surface area contributed by atoms with Gasteiger partial charge >= 0.3 is 6.03 Å². The number of hydrogen-bond donors (Lipinski definition) is 2. The number of carbonyl (C=O) groups is 1. The van der Waals surface area contributed by atoms with E-state index < -0.39 is 5.82 Å². The molecule has 0 atom stereocenters. The number of benzene rings is 3. The molecule has 0 aliphatic carbocycles. The fourth-order valence-electron chi connectivity index (χ4n) is 3.95. The van der Waals surface area contributed by atoms with Crippen molar-refractivity contribution in [3.63, 3.8) is 0 Å². The van der Waals surface area contributed by atoms with Gasteiger partial charge < -0.3 is 15.2 Å². The van der Waals surface area contributed by atoms with Gasteiger partial charge in [0.15, 0.2) is 0 Å². The minimum Gasteiger partial charge on any atom is -0.359 e. The molecule has 0 unspecified atom stereocenters. The van der Waals surface area contributed by atoms with E-state index in [4.69, 9.17) is 11.6 Å². The maximum absolute atomic E-state index is 13.6. The van der Waals surface area contributed by atoms with Gasteiger partial charge in [0.05, 0.1) is 16.2 Å². The fraction of sp³-hybridized carbons (Fsp3) is 0.125. The Hall–Kier alpha value is -3.31. The first-order valence-corrected chi connectivity index (χ1v) is 10.2. The Kier molecular flexibility index (Phi) is 4.68. The number of aromatic amines is 1. The maximum atomic E-state index is 13.6. The van der Waals surface area contributed by atoms with Crippen molar-refractivity contribution in [2.45, 2.75) is 13.0 Å². The molecule has 2 heterocycles. The van der Waals surface area contributed by atoms with Gasteiger partial charge in [0.25, 0.3) is 0 Å². The quantitative estimate of drug-likeness (QED) is 0.398. The van der Waals surface area contributed by atoms with E-state index >= 15 is 0 Å². The summed E-state index contributed by atoms with van der Waals surface area (Å²) in [5.41, 5.74) is 5.98. The lowest BCUT2D eigenvalue weighted by Gasteiger charge is -2.29. The molecule has 150 valence electrons. The van der Waals surface area contributed by atoms with Crippen LogP contribution < -0.4 is 5.32 Å². The van der Waals surface area contributed by atoms with Crippen molar-refractivity contribution in [2.24, 2.45) is 0 Å². The summed E-state index contributed by atoms with van der Waals surface area (Å²) in [6.45, 7) is 1.18. The van der Waals surface area contributed by atoms with Crippen LogP contribution in [0.4, 0.5) is 14.9 Å². The van der Waals surface area contributed by atoms with Crippen molar-refractivity contribution < 1.29 is 9.18 Å². The summed E-state index contributed by atoms with van der Waals surface area (Å²) in [7, 11) is 0. The average molecular weight is 420 g/mol. The third-order valence-electron chi connectivity index (χ3n) is 5.58. The van der Waals surface area contributed by atoms with Gasteiger partial charge in [-0.1, -0.05) is 60.1 Å². The molecule has 2 amide bonds. The molecule has 4 aromatic rings. The zero-order valence-corrected chi connectivity index (χ0v) is 16.8. The summed E-state index contributed by atoms with van der Waals surface area (Å²) in [5.74, 6) is -0.494. The van der Waals surface area contributed by atoms with E-state index in [9.17, 15) is 9.18 Å². The van der Waals surface area contributed by atoms with Crippen LogP contribution in [0.2, 0.25) is 5.02 Å². The maximum Gasteiger partial charge on any atom is 0.322 e. The molecule has 5 rings (SSSR count). The van der Waals surface area contributed by atoms with E-state index in [1.54, 1.807) is 11.1 Å². The summed E-state index contributed by atoms with van der Waals surface area (Å²) in [4.78, 5) is 17.6. The molecule has 0 saturated heterocycles. The summed E-state index contributed by atoms with van der Waals surface area (Å²) < 4.78 is 13.6. The number of rotatable bonds is 2. The van der Waals surface area contributed by atoms with Gasteiger partial charge in [-0.2, -0.15) is 0 Å². The number of anilines is 1. The van der Waals surface area contributed by atoms with Crippen molar-refractivity contribution in [3.05, 3.63) is 88.8 Å². The summed E-state index contributed by atoms with van der Waals surface area (Å²) in [5, 5.41) is 3.63. The predicted octanol–water partition coefficient (Wildman–Crippen LogP) is 6.22. The zero-order valence-electron chi connectivity index (χ0n) is 16.1. The van der Waals surface area contributed by atoms with E-state index in [0.29, 0.717) is 29.7 Å². The number of H-pyrrole nitrogens is 1. The summed E-state index contributed by atoms with van der Waals surface area (Å²) in [6.07, 6.45) is 2.46. The van der Waals surface area contributed by atoms with Crippen LogP contribution in [0.3, 0.4) is 0 Å². The van der Waals surface area contributed by atoms with Crippen LogP contribution in [-0.4, -0.2) is 22.5 Å². The largest absolute Gasteiger partial charge is 0.359 e. The van der Waals surface area contributed by atoms with Crippen molar-refractivity contribution in [1.29, 1.82) is 0 Å². The first-order chi connectivity index (χ1) is 14.6. The van der Waals surface area contributed by atoms with Gasteiger partial charge in [-0.15, -0.1) is 0 Å². The molecule has 30 heavy (non-hydrogen) atoms. The summed E-state index contributed by atoms with van der Waals surface area (Å²) >= 11 is 5.90. The third-order valence-corrected chi connectivity index (χ3v) is 5.87. The first-order valence-electron chi connectivity index (χ1n) is 9.78. The molecule has 0 saturated carbocycles. The van der Waals surface area contributed by atoms with Crippen LogP contribution in [0, 0.1) is 5.82 Å². The van der Waals surface area contributed by atoms with Crippen LogP contribution in [0.1, 0.15) is 11.1 Å². The number of aromatic nitrogens is 1. The molecule has 6 heteroatoms. The van der Waals surface area contributed by atoms with E-state index in [1.165, 1.54) is 28.8 Å². The highest BCUT2D eigenvalue weighted by Gasteiger charge is 2.22. The predicted molar refractivity (Wildman–Crippen MR) is 118 cm³/mol. The Labute approximate surface area is 178 Å². The Bertz CT molecular complexity index is 1250. The molecule has 1 aliphatic rings. The normalized spacial score (nSPS) is 13.3. The monoisotopic (exact) mass is 419 g/mol. The van der Waals surface area contributed by atoms with Gasteiger partial charge in [0.1, 0.15) is 5.82 Å². The second-order valence-electron chi connectivity index (χ2n) is 7.47. The number of nitrogens with one attached hydrogen (secondary N) is 2. The van der Waals surface area contributed by atoms with Crippen molar-refractivity contribution in [3.8, 4) is 11.1 Å². The highest BCUT2D eigenvalue weighted by atomic mass is 35.5. The first kappa shape index (κ1) is 18.7. The smallest absolute Gasteiger partial charge is 0.322 e. The minimum absolute atomic E-state index is 0.0266. The molecule has 4 nitrogen and oxygen atoms in total. The van der Waals surface area contributed by atoms with E-state index in [2.05, 4.69) is 40.6 Å². The second-order valence-corrected chi connectivity index (χ2v) is 7.87. The van der Waals surface area contributed by atoms with Crippen molar-refractivity contribution in [1.82, 2.24) is 9.88 Å². The molecule has 0 fully saturated rings. The Balaban J connectivity index is 1.34. The molecular formula is C24H19ClFN3O. The van der Waals surface area contributed by atoms with Crippen LogP contribution in [0.25, 0.3) is 22.0 Å². The molecule has 0 bridgehead atoms. The zero-order chi connectivity index (χ0) is 20.7. The van der Waals surface area contributed by atoms with Gasteiger partial charge in [-0.3, -0.25) is 0 Å². The molecular weight excluding hydrogens is 401 g/mol. The van der Waals surface area contributed by atoms with Crippen LogP contribution in [0.5, 0.6) is 0 Å². The van der Waals surface area contributed by atoms with Crippen LogP contribution >= 0.6 is 11.6 Å². The third kappa shape index (κ3) is 3.42. The number of halogens is 2. The van der Waals surface area contributed by atoms with E-state index in [-0.39, 0.29) is 11.1 Å². The molecule has 0 spiro atoms. The molecule has 1 aliphatic heterocycles. The average Bonchev–Trinajstić information content (AvgIpc) is 3.15. The number of amides is 2. The lowest BCUT2D eigenvalue weighted by molar-refractivity contribution is 0.206. The molecule has 2 N–H and O–H groups in total. The van der Waals surface area contributed by atoms with Gasteiger partial charge in [0, 0.05) is 24.7 Å². The van der Waals surface area contributed by atoms with Gasteiger partial charge in [0.2, 0.25) is 0 Å². The summed E-state index contributed by atoms with van der Waals surface area (Å²) in [6, 6.07) is 19.4. The number of hydrogen-bond acceptors (Lipinski definition) is 1. The van der Waals surface area contributed by atoms with Gasteiger partial charge in [-0.25, -0.2) is 9.18 Å². The lowest BCUT2D eigenvalue weighted by Crippen LogP contribution is -2.38. The van der Waals surface area contributed by atoms with Crippen molar-refractivity contribution >= 4 is 34.2 Å². The van der Waals surface area contributed by atoms with Crippen molar-refractivity contribution in [2.75, 3.05) is 11.9 Å². The Morgan fingerprint density at radius 3 is 2.70 bits per heavy atom. The molecule has 0 radical (unpaired) electrons. The number of nitrogens with zero attached hydrogens (tertiary/aromatic N) is 1. The Morgan fingerprint density at radius 2 is 1.87 bits per heavy atom. The van der Waals surface area contributed by atoms with E-state index in [1.807, 2.05) is 18.2 Å². The lowest BCUT2D eigenvalue weighted by atomic mass is 9.95.